The number of H-pyrrole nitrogens is 1. The third-order valence-corrected chi connectivity index (χ3v) is 1.66. The summed E-state index contributed by atoms with van der Waals surface area (Å²) in [7, 11) is 0. The van der Waals surface area contributed by atoms with E-state index in [2.05, 4.69) is 4.98 Å². The van der Waals surface area contributed by atoms with Crippen LogP contribution >= 0.6 is 0 Å². The highest BCUT2D eigenvalue weighted by Gasteiger charge is 2.30. The van der Waals surface area contributed by atoms with E-state index in [0.29, 0.717) is 5.69 Å². The van der Waals surface area contributed by atoms with Gasteiger partial charge in [-0.15, -0.1) is 0 Å². The summed E-state index contributed by atoms with van der Waals surface area (Å²) in [4.78, 5) is 13.3. The van der Waals surface area contributed by atoms with Crippen LogP contribution in [0.3, 0.4) is 0 Å². The van der Waals surface area contributed by atoms with Gasteiger partial charge in [-0.25, -0.2) is 4.79 Å². The quantitative estimate of drug-likeness (QED) is 0.613. The molecule has 12 heavy (non-hydrogen) atoms. The van der Waals surface area contributed by atoms with Crippen LogP contribution in [0, 0.1) is 0 Å². The molecule has 1 rings (SSSR count). The lowest BCUT2D eigenvalue weighted by atomic mass is 10.0. The van der Waals surface area contributed by atoms with Gasteiger partial charge in [-0.05, 0) is 19.1 Å². The van der Waals surface area contributed by atoms with Gasteiger partial charge in [0.05, 0.1) is 0 Å². The van der Waals surface area contributed by atoms with E-state index in [1.807, 2.05) is 0 Å². The number of hydrogen-bond acceptors (Lipinski definition) is 2. The molecule has 0 saturated carbocycles. The number of hydrogen-bond donors (Lipinski definition) is 3. The van der Waals surface area contributed by atoms with Gasteiger partial charge in [-0.3, -0.25) is 0 Å². The van der Waals surface area contributed by atoms with Crippen molar-refractivity contribution in [3.63, 3.8) is 0 Å². The van der Waals surface area contributed by atoms with Gasteiger partial charge in [0.1, 0.15) is 0 Å². The fourth-order valence-electron chi connectivity index (χ4n) is 0.924. The van der Waals surface area contributed by atoms with E-state index in [4.69, 9.17) is 5.11 Å². The third kappa shape index (κ3) is 1.85. The van der Waals surface area contributed by atoms with Crippen molar-refractivity contribution in [2.45, 2.75) is 18.9 Å². The van der Waals surface area contributed by atoms with E-state index < -0.39 is 11.6 Å². The molecule has 0 aliphatic heterocycles. The van der Waals surface area contributed by atoms with Gasteiger partial charge in [0, 0.05) is 18.3 Å². The van der Waals surface area contributed by atoms with Crippen molar-refractivity contribution in [3.8, 4) is 0 Å². The molecule has 0 bridgehead atoms. The second-order valence-corrected chi connectivity index (χ2v) is 2.95. The maximum Gasteiger partial charge on any atom is 0.335 e. The Hall–Kier alpha value is -1.29. The van der Waals surface area contributed by atoms with Crippen molar-refractivity contribution in [1.82, 2.24) is 4.98 Å². The maximum atomic E-state index is 10.5. The molecule has 1 unspecified atom stereocenters. The summed E-state index contributed by atoms with van der Waals surface area (Å²) >= 11 is 0. The van der Waals surface area contributed by atoms with E-state index in [1.54, 1.807) is 18.3 Å². The molecular formula is C8H11NO3. The zero-order valence-corrected chi connectivity index (χ0v) is 6.74. The molecule has 0 fully saturated rings. The van der Waals surface area contributed by atoms with E-state index >= 15 is 0 Å². The van der Waals surface area contributed by atoms with Crippen molar-refractivity contribution >= 4 is 5.97 Å². The first-order valence-corrected chi connectivity index (χ1v) is 3.60. The molecule has 0 aliphatic rings. The van der Waals surface area contributed by atoms with Crippen LogP contribution < -0.4 is 0 Å². The van der Waals surface area contributed by atoms with Gasteiger partial charge in [0.2, 0.25) is 0 Å². The van der Waals surface area contributed by atoms with E-state index in [0.717, 1.165) is 0 Å². The summed E-state index contributed by atoms with van der Waals surface area (Å²) in [6.07, 6.45) is 1.78. The Bertz CT molecular complexity index is 264. The predicted molar refractivity (Wildman–Crippen MR) is 42.8 cm³/mol. The van der Waals surface area contributed by atoms with Crippen LogP contribution in [0.2, 0.25) is 0 Å². The molecule has 66 valence electrons. The van der Waals surface area contributed by atoms with Gasteiger partial charge in [0.15, 0.2) is 5.60 Å². The van der Waals surface area contributed by atoms with Crippen molar-refractivity contribution in [3.05, 3.63) is 24.0 Å². The molecule has 0 radical (unpaired) electrons. The number of carboxylic acid groups (broad SMARTS) is 1. The summed E-state index contributed by atoms with van der Waals surface area (Å²) in [5, 5.41) is 17.9. The highest BCUT2D eigenvalue weighted by atomic mass is 16.4. The van der Waals surface area contributed by atoms with E-state index in [1.165, 1.54) is 6.92 Å². The van der Waals surface area contributed by atoms with Gasteiger partial charge < -0.3 is 15.2 Å². The Kier molecular flexibility index (Phi) is 2.19. The lowest BCUT2D eigenvalue weighted by Gasteiger charge is -2.16. The minimum absolute atomic E-state index is 0.0926. The Morgan fingerprint density at radius 1 is 1.75 bits per heavy atom. The Labute approximate surface area is 69.9 Å². The highest BCUT2D eigenvalue weighted by Crippen LogP contribution is 2.11. The first-order chi connectivity index (χ1) is 5.52. The van der Waals surface area contributed by atoms with Gasteiger partial charge in [0.25, 0.3) is 0 Å². The van der Waals surface area contributed by atoms with Crippen LogP contribution in [0.5, 0.6) is 0 Å². The average molecular weight is 169 g/mol. The highest BCUT2D eigenvalue weighted by molar-refractivity contribution is 5.76. The summed E-state index contributed by atoms with van der Waals surface area (Å²) in [5.41, 5.74) is -0.979. The summed E-state index contributed by atoms with van der Waals surface area (Å²) in [5.74, 6) is -1.21. The Balaban J connectivity index is 2.69. The number of aliphatic carboxylic acids is 1. The summed E-state index contributed by atoms with van der Waals surface area (Å²) in [6, 6.07) is 3.49. The van der Waals surface area contributed by atoms with Crippen molar-refractivity contribution < 1.29 is 15.0 Å². The molecule has 0 aliphatic carbocycles. The molecule has 1 aromatic heterocycles. The average Bonchev–Trinajstić information content (AvgIpc) is 2.38. The van der Waals surface area contributed by atoms with Crippen LogP contribution in [-0.4, -0.2) is 26.8 Å². The normalized spacial score (nSPS) is 15.5. The van der Waals surface area contributed by atoms with E-state index in [9.17, 15) is 9.90 Å². The number of aromatic nitrogens is 1. The number of carbonyl (C=O) groups is 1. The molecule has 0 saturated heterocycles. The fourth-order valence-corrected chi connectivity index (χ4v) is 0.924. The zero-order valence-electron chi connectivity index (χ0n) is 6.74. The molecule has 4 heteroatoms. The standard InChI is InChI=1S/C8H11NO3/c1-8(12,7(10)11)5-6-3-2-4-9-6/h2-4,9,12H,5H2,1H3,(H,10,11). The Morgan fingerprint density at radius 2 is 2.42 bits per heavy atom. The molecule has 3 N–H and O–H groups in total. The maximum absolute atomic E-state index is 10.5. The van der Waals surface area contributed by atoms with Crippen LogP contribution in [0.1, 0.15) is 12.6 Å². The monoisotopic (exact) mass is 169 g/mol. The van der Waals surface area contributed by atoms with Gasteiger partial charge >= 0.3 is 5.97 Å². The SMILES string of the molecule is CC(O)(Cc1ccc[nH]1)C(=O)O. The van der Waals surface area contributed by atoms with Gasteiger partial charge in [-0.2, -0.15) is 0 Å². The van der Waals surface area contributed by atoms with Crippen LogP contribution in [0.25, 0.3) is 0 Å². The molecule has 0 amide bonds. The predicted octanol–water partition coefficient (Wildman–Crippen LogP) is 0.393. The lowest BCUT2D eigenvalue weighted by Crippen LogP contribution is -2.37. The second kappa shape index (κ2) is 2.98. The van der Waals surface area contributed by atoms with Crippen molar-refractivity contribution in [2.24, 2.45) is 0 Å². The topological polar surface area (TPSA) is 73.3 Å². The largest absolute Gasteiger partial charge is 0.479 e. The van der Waals surface area contributed by atoms with Crippen LogP contribution in [0.15, 0.2) is 18.3 Å². The van der Waals surface area contributed by atoms with Crippen molar-refractivity contribution in [1.29, 1.82) is 0 Å². The summed E-state index contributed by atoms with van der Waals surface area (Å²) < 4.78 is 0. The fraction of sp³-hybridized carbons (Fsp3) is 0.375. The first-order valence-electron chi connectivity index (χ1n) is 3.60. The first kappa shape index (κ1) is 8.80. The minimum atomic E-state index is -1.69. The number of aliphatic hydroxyl groups is 1. The molecule has 0 aromatic carbocycles. The van der Waals surface area contributed by atoms with Gasteiger partial charge in [-0.1, -0.05) is 0 Å². The minimum Gasteiger partial charge on any atom is -0.479 e. The lowest BCUT2D eigenvalue weighted by molar-refractivity contribution is -0.156. The molecule has 1 heterocycles. The number of nitrogens with one attached hydrogen (secondary N) is 1. The molecule has 4 nitrogen and oxygen atoms in total. The smallest absolute Gasteiger partial charge is 0.335 e. The summed E-state index contributed by atoms with van der Waals surface area (Å²) in [6.45, 7) is 1.27. The molecule has 1 atom stereocenters. The number of carboxylic acids is 1. The molecule has 1 aromatic rings. The number of aromatic amines is 1. The Morgan fingerprint density at radius 3 is 2.83 bits per heavy atom. The van der Waals surface area contributed by atoms with Crippen LogP contribution in [-0.2, 0) is 11.2 Å². The zero-order chi connectivity index (χ0) is 9.19. The molecule has 0 spiro atoms. The molecular weight excluding hydrogens is 158 g/mol. The number of rotatable bonds is 3. The van der Waals surface area contributed by atoms with E-state index in [-0.39, 0.29) is 6.42 Å². The second-order valence-electron chi connectivity index (χ2n) is 2.95. The van der Waals surface area contributed by atoms with Crippen LogP contribution in [0.4, 0.5) is 0 Å². The third-order valence-electron chi connectivity index (χ3n) is 1.66. The van der Waals surface area contributed by atoms with Crippen molar-refractivity contribution in [2.75, 3.05) is 0 Å².